The van der Waals surface area contributed by atoms with E-state index in [1.54, 1.807) is 6.07 Å². The van der Waals surface area contributed by atoms with Crippen LogP contribution in [-0.4, -0.2) is 30.6 Å². The zero-order valence-corrected chi connectivity index (χ0v) is 10.4. The van der Waals surface area contributed by atoms with Gasteiger partial charge in [0, 0.05) is 18.6 Å². The first-order valence-corrected chi connectivity index (χ1v) is 6.12. The summed E-state index contributed by atoms with van der Waals surface area (Å²) in [5, 5.41) is 12.0. The molecule has 0 radical (unpaired) electrons. The van der Waals surface area contributed by atoms with Crippen molar-refractivity contribution in [3.05, 3.63) is 23.7 Å². The topological polar surface area (TPSA) is 52.2 Å². The van der Waals surface area contributed by atoms with E-state index < -0.39 is 0 Å². The Hall–Kier alpha value is -1.31. The number of furan rings is 1. The maximum Gasteiger partial charge on any atom is 0.203 e. The van der Waals surface area contributed by atoms with Crippen LogP contribution >= 0.6 is 0 Å². The fourth-order valence-electron chi connectivity index (χ4n) is 1.92. The molecule has 1 aromatic rings. The van der Waals surface area contributed by atoms with Crippen molar-refractivity contribution in [2.45, 2.75) is 38.4 Å². The molecule has 0 amide bonds. The van der Waals surface area contributed by atoms with Gasteiger partial charge in [-0.3, -0.25) is 4.90 Å². The van der Waals surface area contributed by atoms with Gasteiger partial charge in [0.15, 0.2) is 0 Å². The number of hydrogen-bond acceptors (Lipinski definition) is 4. The molecule has 1 unspecified atom stereocenters. The standard InChI is InChI=1S/C13H19N3O/c1-10(16(2)11-3-4-11)8-15-9-13-6-5-12(7-14)17-13/h5-6,10-11,15H,3-4,8-9H2,1-2H3. The van der Waals surface area contributed by atoms with Crippen molar-refractivity contribution in [3.8, 4) is 6.07 Å². The van der Waals surface area contributed by atoms with Crippen molar-refractivity contribution in [3.63, 3.8) is 0 Å². The largest absolute Gasteiger partial charge is 0.449 e. The van der Waals surface area contributed by atoms with Crippen molar-refractivity contribution in [2.24, 2.45) is 0 Å². The van der Waals surface area contributed by atoms with E-state index in [0.29, 0.717) is 18.3 Å². The highest BCUT2D eigenvalue weighted by Crippen LogP contribution is 2.26. The van der Waals surface area contributed by atoms with Crippen LogP contribution in [0.5, 0.6) is 0 Å². The number of nitrogens with one attached hydrogen (secondary N) is 1. The van der Waals surface area contributed by atoms with E-state index in [4.69, 9.17) is 9.68 Å². The minimum atomic E-state index is 0.380. The highest BCUT2D eigenvalue weighted by molar-refractivity contribution is 5.18. The van der Waals surface area contributed by atoms with Crippen LogP contribution in [0, 0.1) is 11.3 Å². The summed E-state index contributed by atoms with van der Waals surface area (Å²) in [7, 11) is 2.19. The first-order chi connectivity index (χ1) is 8.20. The van der Waals surface area contributed by atoms with Gasteiger partial charge in [-0.15, -0.1) is 0 Å². The van der Waals surface area contributed by atoms with Crippen LogP contribution in [0.4, 0.5) is 0 Å². The Morgan fingerprint density at radius 3 is 2.94 bits per heavy atom. The van der Waals surface area contributed by atoms with Crippen LogP contribution in [0.15, 0.2) is 16.5 Å². The molecule has 1 fully saturated rings. The van der Waals surface area contributed by atoms with Gasteiger partial charge in [0.1, 0.15) is 11.8 Å². The number of hydrogen-bond donors (Lipinski definition) is 1. The highest BCUT2D eigenvalue weighted by Gasteiger charge is 2.28. The molecule has 92 valence electrons. The molecule has 4 heteroatoms. The fraction of sp³-hybridized carbons (Fsp3) is 0.615. The van der Waals surface area contributed by atoms with Gasteiger partial charge in [0.2, 0.25) is 5.76 Å². The minimum Gasteiger partial charge on any atom is -0.449 e. The quantitative estimate of drug-likeness (QED) is 0.813. The van der Waals surface area contributed by atoms with Gasteiger partial charge in [-0.1, -0.05) is 0 Å². The molecule has 1 aliphatic carbocycles. The summed E-state index contributed by atoms with van der Waals surface area (Å²) in [5.41, 5.74) is 0. The number of rotatable bonds is 6. The maximum absolute atomic E-state index is 8.63. The molecule has 1 aromatic heterocycles. The Bertz CT molecular complexity index is 403. The van der Waals surface area contributed by atoms with Gasteiger partial charge in [-0.05, 0) is 38.9 Å². The van der Waals surface area contributed by atoms with Gasteiger partial charge in [0.25, 0.3) is 0 Å². The molecule has 1 aliphatic rings. The summed E-state index contributed by atoms with van der Waals surface area (Å²) < 4.78 is 5.30. The van der Waals surface area contributed by atoms with Crippen LogP contribution < -0.4 is 5.32 Å². The first-order valence-electron chi connectivity index (χ1n) is 6.12. The molecule has 2 rings (SSSR count). The number of nitrogens with zero attached hydrogens (tertiary/aromatic N) is 2. The molecule has 4 nitrogen and oxygen atoms in total. The Kier molecular flexibility index (Phi) is 3.82. The Balaban J connectivity index is 1.70. The van der Waals surface area contributed by atoms with Gasteiger partial charge in [0.05, 0.1) is 6.54 Å². The lowest BCUT2D eigenvalue weighted by Gasteiger charge is -2.24. The predicted molar refractivity (Wildman–Crippen MR) is 65.4 cm³/mol. The second kappa shape index (κ2) is 5.35. The van der Waals surface area contributed by atoms with E-state index in [2.05, 4.69) is 24.2 Å². The predicted octanol–water partition coefficient (Wildman–Crippen LogP) is 1.72. The lowest BCUT2D eigenvalue weighted by molar-refractivity contribution is 0.239. The molecule has 0 saturated heterocycles. The van der Waals surface area contributed by atoms with Crippen LogP contribution in [0.3, 0.4) is 0 Å². The van der Waals surface area contributed by atoms with Crippen molar-refractivity contribution < 1.29 is 4.42 Å². The summed E-state index contributed by atoms with van der Waals surface area (Å²) in [6.45, 7) is 3.86. The molecular formula is C13H19N3O. The Morgan fingerprint density at radius 1 is 1.59 bits per heavy atom. The zero-order chi connectivity index (χ0) is 12.3. The van der Waals surface area contributed by atoms with Crippen LogP contribution in [0.2, 0.25) is 0 Å². The molecule has 1 heterocycles. The Labute approximate surface area is 102 Å². The van der Waals surface area contributed by atoms with Crippen molar-refractivity contribution in [1.82, 2.24) is 10.2 Å². The average molecular weight is 233 g/mol. The van der Waals surface area contributed by atoms with E-state index in [-0.39, 0.29) is 0 Å². The van der Waals surface area contributed by atoms with E-state index in [1.807, 2.05) is 12.1 Å². The number of nitriles is 1. The molecule has 0 spiro atoms. The minimum absolute atomic E-state index is 0.380. The summed E-state index contributed by atoms with van der Waals surface area (Å²) in [6.07, 6.45) is 2.68. The summed E-state index contributed by atoms with van der Waals surface area (Å²) in [5.74, 6) is 1.20. The van der Waals surface area contributed by atoms with Gasteiger partial charge in [-0.25, -0.2) is 0 Å². The smallest absolute Gasteiger partial charge is 0.203 e. The molecule has 1 saturated carbocycles. The SMILES string of the molecule is CC(CNCc1ccc(C#N)o1)N(C)C1CC1. The second-order valence-corrected chi connectivity index (χ2v) is 4.75. The van der Waals surface area contributed by atoms with Crippen molar-refractivity contribution in [2.75, 3.05) is 13.6 Å². The van der Waals surface area contributed by atoms with Crippen LogP contribution in [0.1, 0.15) is 31.3 Å². The summed E-state index contributed by atoms with van der Waals surface area (Å²) >= 11 is 0. The third-order valence-electron chi connectivity index (χ3n) is 3.33. The van der Waals surface area contributed by atoms with Gasteiger partial charge in [-0.2, -0.15) is 5.26 Å². The van der Waals surface area contributed by atoms with E-state index >= 15 is 0 Å². The number of likely N-dealkylation sites (N-methyl/N-ethyl adjacent to an activating group) is 1. The molecule has 0 aromatic carbocycles. The van der Waals surface area contributed by atoms with Crippen molar-refractivity contribution >= 4 is 0 Å². The summed E-state index contributed by atoms with van der Waals surface area (Å²) in [6, 6.07) is 6.87. The normalized spacial score (nSPS) is 17.1. The monoisotopic (exact) mass is 233 g/mol. The lowest BCUT2D eigenvalue weighted by Crippen LogP contribution is -2.38. The van der Waals surface area contributed by atoms with Gasteiger partial charge >= 0.3 is 0 Å². The maximum atomic E-state index is 8.63. The molecule has 0 bridgehead atoms. The average Bonchev–Trinajstić information content (AvgIpc) is 3.08. The molecule has 1 atom stereocenters. The summed E-state index contributed by atoms with van der Waals surface area (Å²) in [4.78, 5) is 2.43. The second-order valence-electron chi connectivity index (χ2n) is 4.75. The molecule has 1 N–H and O–H groups in total. The Morgan fingerprint density at radius 2 is 2.35 bits per heavy atom. The van der Waals surface area contributed by atoms with Crippen LogP contribution in [0.25, 0.3) is 0 Å². The molecular weight excluding hydrogens is 214 g/mol. The fourth-order valence-corrected chi connectivity index (χ4v) is 1.92. The van der Waals surface area contributed by atoms with E-state index in [0.717, 1.165) is 18.3 Å². The third-order valence-corrected chi connectivity index (χ3v) is 3.33. The van der Waals surface area contributed by atoms with Gasteiger partial charge < -0.3 is 9.73 Å². The third kappa shape index (κ3) is 3.32. The van der Waals surface area contributed by atoms with E-state index in [9.17, 15) is 0 Å². The molecule has 0 aliphatic heterocycles. The lowest BCUT2D eigenvalue weighted by atomic mass is 10.3. The van der Waals surface area contributed by atoms with Crippen molar-refractivity contribution in [1.29, 1.82) is 5.26 Å². The van der Waals surface area contributed by atoms with Crippen LogP contribution in [-0.2, 0) is 6.54 Å². The first kappa shape index (κ1) is 12.2. The van der Waals surface area contributed by atoms with E-state index in [1.165, 1.54) is 12.8 Å². The molecule has 17 heavy (non-hydrogen) atoms. The highest BCUT2D eigenvalue weighted by atomic mass is 16.3. The zero-order valence-electron chi connectivity index (χ0n) is 10.4.